The fraction of sp³-hybridized carbons (Fsp3) is 0.812. The Morgan fingerprint density at radius 1 is 1.57 bits per heavy atom. The molecule has 1 unspecified atom stereocenters. The van der Waals surface area contributed by atoms with Crippen LogP contribution in [-0.2, 0) is 14.3 Å². The van der Waals surface area contributed by atoms with Crippen molar-refractivity contribution in [3.63, 3.8) is 0 Å². The number of rotatable bonds is 9. The smallest absolute Gasteiger partial charge is 0.320 e. The van der Waals surface area contributed by atoms with Gasteiger partial charge in [-0.25, -0.2) is 0 Å². The Bertz CT molecular complexity index is 321. The fourth-order valence-corrected chi connectivity index (χ4v) is 2.64. The van der Waals surface area contributed by atoms with Crippen molar-refractivity contribution in [2.45, 2.75) is 26.9 Å². The molecule has 21 heavy (non-hydrogen) atoms. The van der Waals surface area contributed by atoms with Crippen molar-refractivity contribution in [1.82, 2.24) is 9.80 Å². The lowest BCUT2D eigenvalue weighted by Gasteiger charge is -2.36. The Morgan fingerprint density at radius 3 is 2.95 bits per heavy atom. The van der Waals surface area contributed by atoms with Crippen LogP contribution in [0.1, 0.15) is 20.8 Å². The Hall–Kier alpha value is -0.910. The molecule has 0 saturated carbocycles. The summed E-state index contributed by atoms with van der Waals surface area (Å²) in [6.45, 7) is 15.9. The van der Waals surface area contributed by atoms with E-state index in [-0.39, 0.29) is 12.1 Å². The first-order valence-electron chi connectivity index (χ1n) is 7.88. The van der Waals surface area contributed by atoms with Crippen LogP contribution in [0, 0.1) is 5.92 Å². The van der Waals surface area contributed by atoms with Crippen molar-refractivity contribution in [3.8, 4) is 0 Å². The molecule has 0 aliphatic carbocycles. The van der Waals surface area contributed by atoms with Gasteiger partial charge in [0.05, 0.1) is 25.9 Å². The van der Waals surface area contributed by atoms with E-state index in [1.807, 2.05) is 17.9 Å². The zero-order chi connectivity index (χ0) is 15.7. The molecule has 1 aliphatic rings. The summed E-state index contributed by atoms with van der Waals surface area (Å²) in [7, 11) is 0. The molecule has 0 aromatic heterocycles. The highest BCUT2D eigenvalue weighted by Crippen LogP contribution is 2.09. The Kier molecular flexibility index (Phi) is 8.57. The van der Waals surface area contributed by atoms with Gasteiger partial charge in [-0.1, -0.05) is 19.9 Å². The van der Waals surface area contributed by atoms with Crippen molar-refractivity contribution in [3.05, 3.63) is 12.7 Å². The molecule has 1 saturated heterocycles. The van der Waals surface area contributed by atoms with Crippen LogP contribution in [0.5, 0.6) is 0 Å². The van der Waals surface area contributed by atoms with Crippen LogP contribution >= 0.6 is 0 Å². The molecule has 1 heterocycles. The SMILES string of the molecule is C=CCN(CC(=O)OCC)CC1CN(CC(C)C)CCO1. The molecule has 0 bridgehead atoms. The van der Waals surface area contributed by atoms with Crippen LogP contribution in [0.2, 0.25) is 0 Å². The third kappa shape index (κ3) is 7.60. The number of esters is 1. The number of hydrogen-bond acceptors (Lipinski definition) is 5. The highest BCUT2D eigenvalue weighted by atomic mass is 16.5. The molecule has 0 spiro atoms. The minimum absolute atomic E-state index is 0.145. The highest BCUT2D eigenvalue weighted by Gasteiger charge is 2.23. The van der Waals surface area contributed by atoms with Crippen LogP contribution in [0.25, 0.3) is 0 Å². The molecule has 122 valence electrons. The first-order chi connectivity index (χ1) is 10.0. The molecule has 0 radical (unpaired) electrons. The quantitative estimate of drug-likeness (QED) is 0.475. The van der Waals surface area contributed by atoms with Crippen molar-refractivity contribution < 1.29 is 14.3 Å². The Morgan fingerprint density at radius 2 is 2.33 bits per heavy atom. The van der Waals surface area contributed by atoms with Gasteiger partial charge in [-0.05, 0) is 12.8 Å². The molecule has 0 N–H and O–H groups in total. The van der Waals surface area contributed by atoms with Gasteiger partial charge >= 0.3 is 5.97 Å². The fourth-order valence-electron chi connectivity index (χ4n) is 2.64. The van der Waals surface area contributed by atoms with Gasteiger partial charge in [0, 0.05) is 32.7 Å². The molecule has 1 fully saturated rings. The molecule has 0 aromatic carbocycles. The zero-order valence-corrected chi connectivity index (χ0v) is 13.7. The van der Waals surface area contributed by atoms with E-state index in [1.165, 1.54) is 0 Å². The monoisotopic (exact) mass is 298 g/mol. The predicted octanol–water partition coefficient (Wildman–Crippen LogP) is 1.39. The molecular weight excluding hydrogens is 268 g/mol. The highest BCUT2D eigenvalue weighted by molar-refractivity contribution is 5.71. The van der Waals surface area contributed by atoms with Gasteiger partial charge in [-0.2, -0.15) is 0 Å². The average molecular weight is 298 g/mol. The summed E-state index contributed by atoms with van der Waals surface area (Å²) in [6, 6.07) is 0. The van der Waals surface area contributed by atoms with Crippen LogP contribution in [-0.4, -0.2) is 74.4 Å². The largest absolute Gasteiger partial charge is 0.465 e. The predicted molar refractivity (Wildman–Crippen MR) is 84.3 cm³/mol. The van der Waals surface area contributed by atoms with Crippen molar-refractivity contribution in [2.24, 2.45) is 5.92 Å². The second-order valence-corrected chi connectivity index (χ2v) is 5.93. The summed E-state index contributed by atoms with van der Waals surface area (Å²) in [5.41, 5.74) is 0. The zero-order valence-electron chi connectivity index (χ0n) is 13.7. The van der Waals surface area contributed by atoms with E-state index in [4.69, 9.17) is 9.47 Å². The minimum atomic E-state index is -0.186. The van der Waals surface area contributed by atoms with E-state index in [1.54, 1.807) is 0 Å². The normalized spacial score (nSPS) is 20.0. The average Bonchev–Trinajstić information content (AvgIpc) is 2.38. The third-order valence-corrected chi connectivity index (χ3v) is 3.35. The van der Waals surface area contributed by atoms with Crippen molar-refractivity contribution >= 4 is 5.97 Å². The second-order valence-electron chi connectivity index (χ2n) is 5.93. The van der Waals surface area contributed by atoms with Gasteiger partial charge in [0.1, 0.15) is 0 Å². The van der Waals surface area contributed by atoms with Crippen molar-refractivity contribution in [1.29, 1.82) is 0 Å². The van der Waals surface area contributed by atoms with Gasteiger partial charge in [0.2, 0.25) is 0 Å². The maximum Gasteiger partial charge on any atom is 0.320 e. The summed E-state index contributed by atoms with van der Waals surface area (Å²) < 4.78 is 10.9. The first kappa shape index (κ1) is 18.1. The molecule has 1 rings (SSSR count). The van der Waals surface area contributed by atoms with Gasteiger partial charge < -0.3 is 9.47 Å². The third-order valence-electron chi connectivity index (χ3n) is 3.35. The van der Waals surface area contributed by atoms with Gasteiger partial charge in [-0.3, -0.25) is 14.6 Å². The molecule has 5 nitrogen and oxygen atoms in total. The maximum atomic E-state index is 11.6. The van der Waals surface area contributed by atoms with E-state index >= 15 is 0 Å². The van der Waals surface area contributed by atoms with Gasteiger partial charge in [-0.15, -0.1) is 6.58 Å². The lowest BCUT2D eigenvalue weighted by atomic mass is 10.1. The number of morpholine rings is 1. The standard InChI is InChI=1S/C16H30N2O3/c1-5-7-17(13-16(19)20-6-2)11-15-12-18(8-9-21-15)10-14(3)4/h5,14-15H,1,6-13H2,2-4H3. The molecule has 1 aliphatic heterocycles. The Balaban J connectivity index is 2.45. The van der Waals surface area contributed by atoms with Crippen LogP contribution in [0.15, 0.2) is 12.7 Å². The van der Waals surface area contributed by atoms with Crippen LogP contribution < -0.4 is 0 Å². The van der Waals surface area contributed by atoms with Crippen LogP contribution in [0.3, 0.4) is 0 Å². The molecule has 1 atom stereocenters. The summed E-state index contributed by atoms with van der Waals surface area (Å²) in [6.07, 6.45) is 1.96. The Labute approximate surface area is 128 Å². The van der Waals surface area contributed by atoms with Gasteiger partial charge in [0.25, 0.3) is 0 Å². The number of nitrogens with zero attached hydrogens (tertiary/aromatic N) is 2. The van der Waals surface area contributed by atoms with E-state index < -0.39 is 0 Å². The van der Waals surface area contributed by atoms with Crippen LogP contribution in [0.4, 0.5) is 0 Å². The van der Waals surface area contributed by atoms with E-state index in [0.29, 0.717) is 25.6 Å². The lowest BCUT2D eigenvalue weighted by Crippen LogP contribution is -2.49. The van der Waals surface area contributed by atoms with Crippen molar-refractivity contribution in [2.75, 3.05) is 52.5 Å². The number of ether oxygens (including phenoxy) is 2. The molecule has 5 heteroatoms. The minimum Gasteiger partial charge on any atom is -0.465 e. The number of hydrogen-bond donors (Lipinski definition) is 0. The van der Waals surface area contributed by atoms with E-state index in [9.17, 15) is 4.79 Å². The van der Waals surface area contributed by atoms with Gasteiger partial charge in [0.15, 0.2) is 0 Å². The molecule has 0 amide bonds. The molecule has 0 aromatic rings. The molecular formula is C16H30N2O3. The summed E-state index contributed by atoms with van der Waals surface area (Å²) >= 11 is 0. The number of carbonyl (C=O) groups is 1. The summed E-state index contributed by atoms with van der Waals surface area (Å²) in [5, 5.41) is 0. The number of carbonyl (C=O) groups excluding carboxylic acids is 1. The maximum absolute atomic E-state index is 11.6. The lowest BCUT2D eigenvalue weighted by molar-refractivity contribution is -0.145. The first-order valence-corrected chi connectivity index (χ1v) is 7.88. The summed E-state index contributed by atoms with van der Waals surface area (Å²) in [5.74, 6) is 0.474. The summed E-state index contributed by atoms with van der Waals surface area (Å²) in [4.78, 5) is 16.1. The topological polar surface area (TPSA) is 42.0 Å². The second kappa shape index (κ2) is 9.92. The van der Waals surface area contributed by atoms with E-state index in [0.717, 1.165) is 32.8 Å². The van der Waals surface area contributed by atoms with E-state index in [2.05, 4.69) is 25.3 Å².